The number of aliphatic hydroxyl groups is 1. The maximum atomic E-state index is 13.2. The van der Waals surface area contributed by atoms with Crippen LogP contribution in [0.1, 0.15) is 40.5 Å². The number of primary amides is 1. The van der Waals surface area contributed by atoms with Crippen molar-refractivity contribution in [3.8, 4) is 0 Å². The largest absolute Gasteiger partial charge is 0.439 e. The van der Waals surface area contributed by atoms with Crippen molar-refractivity contribution in [3.05, 3.63) is 58.5 Å². The molecule has 0 aromatic carbocycles. The summed E-state index contributed by atoms with van der Waals surface area (Å²) in [5, 5.41) is 13.6. The highest BCUT2D eigenvalue weighted by molar-refractivity contribution is 6.23. The Labute approximate surface area is 228 Å². The second kappa shape index (κ2) is 14.0. The van der Waals surface area contributed by atoms with Gasteiger partial charge < -0.3 is 36.1 Å². The Balaban J connectivity index is 2.58. The van der Waals surface area contributed by atoms with Gasteiger partial charge in [-0.25, -0.2) is 4.79 Å². The van der Waals surface area contributed by atoms with Crippen LogP contribution in [-0.4, -0.2) is 67.3 Å². The highest BCUT2D eigenvalue weighted by Gasteiger charge is 2.32. The van der Waals surface area contributed by atoms with E-state index in [1.165, 1.54) is 33.3 Å². The number of hydrogen-bond donors (Lipinski definition) is 4. The highest BCUT2D eigenvalue weighted by atomic mass is 16.6. The number of nitrogens with one attached hydrogen (secondary N) is 1. The average Bonchev–Trinajstić information content (AvgIpc) is 2.88. The van der Waals surface area contributed by atoms with Crippen LogP contribution in [0.3, 0.4) is 0 Å². The first-order valence-electron chi connectivity index (χ1n) is 12.6. The van der Waals surface area contributed by atoms with Crippen molar-refractivity contribution in [1.29, 1.82) is 0 Å². The zero-order valence-corrected chi connectivity index (χ0v) is 23.2. The molecule has 2 aliphatic rings. The number of nitrogens with two attached hydrogens (primary N) is 2. The van der Waals surface area contributed by atoms with Crippen LogP contribution in [0.4, 0.5) is 4.79 Å². The number of fused-ring (bicyclic) bond motifs is 2. The van der Waals surface area contributed by atoms with Gasteiger partial charge >= 0.3 is 6.09 Å². The number of Topliss-reactive ketones (excluding diaryl/α,β-unsaturated/α-hetero) is 1. The Morgan fingerprint density at radius 3 is 2.38 bits per heavy atom. The summed E-state index contributed by atoms with van der Waals surface area (Å²) in [5.41, 5.74) is 11.9. The molecule has 1 heterocycles. The molecule has 2 rings (SSSR count). The molecule has 0 radical (unpaired) electrons. The number of methoxy groups -OCH3 is 2. The van der Waals surface area contributed by atoms with Crippen molar-refractivity contribution >= 4 is 23.6 Å². The number of ether oxygens (including phenoxy) is 3. The van der Waals surface area contributed by atoms with Crippen molar-refractivity contribution < 1.29 is 38.5 Å². The van der Waals surface area contributed by atoms with Gasteiger partial charge in [-0.1, -0.05) is 38.2 Å². The summed E-state index contributed by atoms with van der Waals surface area (Å²) in [6, 6.07) is 0. The van der Waals surface area contributed by atoms with Gasteiger partial charge in [0, 0.05) is 37.4 Å². The first kappa shape index (κ1) is 31.7. The third-order valence-corrected chi connectivity index (χ3v) is 6.84. The predicted octanol–water partition coefficient (Wildman–Crippen LogP) is 1.72. The fourth-order valence-electron chi connectivity index (χ4n) is 4.61. The summed E-state index contributed by atoms with van der Waals surface area (Å²) < 4.78 is 16.4. The van der Waals surface area contributed by atoms with E-state index in [4.69, 9.17) is 25.7 Å². The van der Waals surface area contributed by atoms with Gasteiger partial charge in [0.25, 0.3) is 5.91 Å². The minimum absolute atomic E-state index is 0.104. The van der Waals surface area contributed by atoms with Crippen LogP contribution < -0.4 is 16.8 Å². The van der Waals surface area contributed by atoms with Gasteiger partial charge in [0.2, 0.25) is 11.6 Å². The van der Waals surface area contributed by atoms with Crippen molar-refractivity contribution in [3.63, 3.8) is 0 Å². The first-order valence-corrected chi connectivity index (χ1v) is 12.6. The molecule has 214 valence electrons. The van der Waals surface area contributed by atoms with Crippen LogP contribution in [0.2, 0.25) is 0 Å². The van der Waals surface area contributed by atoms with E-state index in [1.807, 2.05) is 6.92 Å². The third-order valence-electron chi connectivity index (χ3n) is 6.84. The summed E-state index contributed by atoms with van der Waals surface area (Å²) in [6.07, 6.45) is 3.55. The quantitative estimate of drug-likeness (QED) is 0.303. The molecule has 11 nitrogen and oxygen atoms in total. The summed E-state index contributed by atoms with van der Waals surface area (Å²) in [6.45, 7) is 6.89. The monoisotopic (exact) mass is 545 g/mol. The molecule has 2 bridgehead atoms. The third kappa shape index (κ3) is 8.22. The number of carbonyl (C=O) groups excluding carboxylic acids is 4. The second-order valence-electron chi connectivity index (χ2n) is 9.97. The van der Waals surface area contributed by atoms with Crippen molar-refractivity contribution in [1.82, 2.24) is 5.32 Å². The summed E-state index contributed by atoms with van der Waals surface area (Å²) in [7, 11) is 2.90. The molecule has 1 aliphatic heterocycles. The summed E-state index contributed by atoms with van der Waals surface area (Å²) >= 11 is 0. The summed E-state index contributed by atoms with van der Waals surface area (Å²) in [5.74, 6) is -2.37. The van der Waals surface area contributed by atoms with Crippen LogP contribution in [0, 0.1) is 11.8 Å². The van der Waals surface area contributed by atoms with E-state index in [-0.39, 0.29) is 34.9 Å². The molecule has 0 spiro atoms. The van der Waals surface area contributed by atoms with E-state index in [0.29, 0.717) is 12.0 Å². The van der Waals surface area contributed by atoms with Crippen LogP contribution >= 0.6 is 0 Å². The number of amides is 2. The number of rotatable bonds is 3. The molecule has 0 unspecified atom stereocenters. The van der Waals surface area contributed by atoms with E-state index in [2.05, 4.69) is 5.32 Å². The average molecular weight is 546 g/mol. The van der Waals surface area contributed by atoms with E-state index in [0.717, 1.165) is 6.08 Å². The second-order valence-corrected chi connectivity index (χ2v) is 9.97. The minimum Gasteiger partial charge on any atom is -0.439 e. The van der Waals surface area contributed by atoms with E-state index in [1.54, 1.807) is 26.0 Å². The fourth-order valence-corrected chi connectivity index (χ4v) is 4.61. The molecule has 6 N–H and O–H groups in total. The van der Waals surface area contributed by atoms with Crippen LogP contribution in [0.5, 0.6) is 0 Å². The number of hydrogen-bond acceptors (Lipinski definition) is 9. The molecular formula is C28H39N3O8. The van der Waals surface area contributed by atoms with Gasteiger partial charge in [-0.05, 0) is 38.2 Å². The molecule has 2 amide bonds. The zero-order valence-electron chi connectivity index (χ0n) is 23.2. The minimum atomic E-state index is -1.00. The Morgan fingerprint density at radius 1 is 1.13 bits per heavy atom. The Kier molecular flexibility index (Phi) is 11.4. The van der Waals surface area contributed by atoms with Crippen molar-refractivity contribution in [2.45, 2.75) is 65.0 Å². The predicted molar refractivity (Wildman–Crippen MR) is 144 cm³/mol. The Bertz CT molecular complexity index is 1130. The lowest BCUT2D eigenvalue weighted by molar-refractivity contribution is -0.120. The molecule has 11 heteroatoms. The molecule has 0 fully saturated rings. The molecule has 0 saturated carbocycles. The first-order chi connectivity index (χ1) is 18.3. The number of ketones is 2. The number of aliphatic hydroxyl groups excluding tert-OH is 1. The van der Waals surface area contributed by atoms with Gasteiger partial charge in [-0.2, -0.15) is 0 Å². The number of allylic oxidation sites excluding steroid dienone is 4. The molecule has 6 atom stereocenters. The lowest BCUT2D eigenvalue weighted by atomic mass is 9.85. The molecule has 39 heavy (non-hydrogen) atoms. The van der Waals surface area contributed by atoms with E-state index in [9.17, 15) is 24.3 Å². The Morgan fingerprint density at radius 2 is 1.79 bits per heavy atom. The SMILES string of the molecule is CO[C@H]1C[C@H](C)CC2=C(N)C(=O)C=C(NC(=O)/C(C)=C\C=C\[C@@H](OC)[C@@H](OC(N)=O)/C(C)=C/[C@H](C)[C@H]1O)C2=O. The topological polar surface area (TPSA) is 180 Å². The Hall–Kier alpha value is -3.54. The van der Waals surface area contributed by atoms with Gasteiger partial charge in [0.05, 0.1) is 23.6 Å². The maximum Gasteiger partial charge on any atom is 0.405 e. The van der Waals surface area contributed by atoms with Crippen LogP contribution in [0.25, 0.3) is 0 Å². The lowest BCUT2D eigenvalue weighted by Gasteiger charge is -2.29. The van der Waals surface area contributed by atoms with Crippen LogP contribution in [-0.2, 0) is 28.6 Å². The maximum absolute atomic E-state index is 13.2. The standard InChI is InChI=1S/C28H39N3O8/c1-14-10-18-23(29)20(32)13-19(25(18)34)31-27(35)15(2)8-7-9-21(37-5)26(39-28(30)36)17(4)12-16(3)24(33)22(11-14)38-6/h7-9,12-14,16,21-22,24,26,33H,10-11,29H2,1-6H3,(H2,30,36)(H,31,35)/b9-7+,15-8-,17-12+/t14-,16+,21-,22+,24-,26+/m1/s1. The molecule has 1 aliphatic carbocycles. The molecule has 0 aromatic heterocycles. The molecule has 0 aromatic rings. The molecular weight excluding hydrogens is 506 g/mol. The summed E-state index contributed by atoms with van der Waals surface area (Å²) in [4.78, 5) is 50.1. The van der Waals surface area contributed by atoms with Gasteiger partial charge in [0.1, 0.15) is 6.10 Å². The zero-order chi connectivity index (χ0) is 29.4. The fraction of sp³-hybridized carbons (Fsp3) is 0.500. The van der Waals surface area contributed by atoms with Crippen molar-refractivity contribution in [2.75, 3.05) is 14.2 Å². The van der Waals surface area contributed by atoms with E-state index >= 15 is 0 Å². The van der Waals surface area contributed by atoms with Gasteiger partial charge in [-0.3, -0.25) is 14.4 Å². The normalized spacial score (nSPS) is 33.3. The van der Waals surface area contributed by atoms with Gasteiger partial charge in [-0.15, -0.1) is 0 Å². The highest BCUT2D eigenvalue weighted by Crippen LogP contribution is 2.28. The smallest absolute Gasteiger partial charge is 0.405 e. The molecule has 0 saturated heterocycles. The van der Waals surface area contributed by atoms with Gasteiger partial charge in [0.15, 0.2) is 6.10 Å². The van der Waals surface area contributed by atoms with Crippen molar-refractivity contribution in [2.24, 2.45) is 23.3 Å². The van der Waals surface area contributed by atoms with Crippen LogP contribution in [0.15, 0.2) is 58.5 Å². The number of carbonyl (C=O) groups is 4. The van der Waals surface area contributed by atoms with E-state index < -0.39 is 53.9 Å². The lowest BCUT2D eigenvalue weighted by Crippen LogP contribution is -2.37.